The second-order valence-electron chi connectivity index (χ2n) is 4.44. The molecule has 3 rings (SSSR count). The zero-order valence-electron chi connectivity index (χ0n) is 11.4. The molecule has 2 aromatic heterocycles. The first-order valence-corrected chi connectivity index (χ1v) is 6.47. The topological polar surface area (TPSA) is 48.5 Å². The third-order valence-corrected chi connectivity index (χ3v) is 3.31. The lowest BCUT2D eigenvalue weighted by atomic mass is 10.1. The summed E-state index contributed by atoms with van der Waals surface area (Å²) in [6.07, 6.45) is 1.78. The van der Waals surface area contributed by atoms with Crippen molar-refractivity contribution in [2.24, 2.45) is 0 Å². The van der Waals surface area contributed by atoms with Crippen molar-refractivity contribution in [2.75, 3.05) is 7.11 Å². The van der Waals surface area contributed by atoms with E-state index in [9.17, 15) is 4.79 Å². The number of para-hydroxylation sites is 1. The molecule has 0 radical (unpaired) electrons. The van der Waals surface area contributed by atoms with Crippen molar-refractivity contribution in [1.82, 2.24) is 14.2 Å². The normalized spacial score (nSPS) is 10.9. The van der Waals surface area contributed by atoms with E-state index in [1.807, 2.05) is 41.8 Å². The van der Waals surface area contributed by atoms with Gasteiger partial charge in [0, 0.05) is 30.4 Å². The molecule has 0 amide bonds. The van der Waals surface area contributed by atoms with Gasteiger partial charge in [-0.1, -0.05) is 12.1 Å². The molecule has 5 nitrogen and oxygen atoms in total. The fraction of sp³-hybridized carbons (Fsp3) is 0.200. The highest BCUT2D eigenvalue weighted by atomic mass is 16.5. The van der Waals surface area contributed by atoms with Crippen LogP contribution in [0.2, 0.25) is 0 Å². The molecule has 2 heterocycles. The molecule has 0 aliphatic heterocycles. The van der Waals surface area contributed by atoms with Gasteiger partial charge in [-0.2, -0.15) is 9.61 Å². The average molecular weight is 269 g/mol. The van der Waals surface area contributed by atoms with Crippen LogP contribution in [0.5, 0.6) is 5.75 Å². The number of aromatic nitrogens is 3. The van der Waals surface area contributed by atoms with Crippen LogP contribution in [0.3, 0.4) is 0 Å². The second-order valence-corrected chi connectivity index (χ2v) is 4.44. The summed E-state index contributed by atoms with van der Waals surface area (Å²) in [6, 6.07) is 11.1. The van der Waals surface area contributed by atoms with Crippen molar-refractivity contribution >= 4 is 5.65 Å². The van der Waals surface area contributed by atoms with Gasteiger partial charge in [0.2, 0.25) is 0 Å². The van der Waals surface area contributed by atoms with E-state index in [-0.39, 0.29) is 5.56 Å². The van der Waals surface area contributed by atoms with Crippen LogP contribution in [0, 0.1) is 0 Å². The maximum Gasteiger partial charge on any atom is 0.274 e. The van der Waals surface area contributed by atoms with Crippen molar-refractivity contribution in [1.29, 1.82) is 0 Å². The smallest absolute Gasteiger partial charge is 0.274 e. The third kappa shape index (κ3) is 1.87. The van der Waals surface area contributed by atoms with E-state index in [0.717, 1.165) is 29.2 Å². The van der Waals surface area contributed by atoms with Crippen molar-refractivity contribution in [3.05, 3.63) is 52.9 Å². The van der Waals surface area contributed by atoms with Crippen molar-refractivity contribution in [3.8, 4) is 17.0 Å². The van der Waals surface area contributed by atoms with Gasteiger partial charge in [0.05, 0.1) is 12.8 Å². The van der Waals surface area contributed by atoms with Crippen LogP contribution >= 0.6 is 0 Å². The van der Waals surface area contributed by atoms with E-state index in [0.29, 0.717) is 0 Å². The van der Waals surface area contributed by atoms with Gasteiger partial charge in [-0.15, -0.1) is 0 Å². The molecule has 0 spiro atoms. The van der Waals surface area contributed by atoms with Crippen LogP contribution in [-0.4, -0.2) is 21.3 Å². The predicted octanol–water partition coefficient (Wildman–Crippen LogP) is 2.19. The maximum atomic E-state index is 11.9. The summed E-state index contributed by atoms with van der Waals surface area (Å²) >= 11 is 0. The molecule has 0 N–H and O–H groups in total. The first-order chi connectivity index (χ1) is 9.74. The Morgan fingerprint density at radius 3 is 2.80 bits per heavy atom. The van der Waals surface area contributed by atoms with E-state index >= 15 is 0 Å². The van der Waals surface area contributed by atoms with Crippen LogP contribution in [0.1, 0.15) is 6.92 Å². The molecule has 0 aliphatic carbocycles. The van der Waals surface area contributed by atoms with Gasteiger partial charge in [0.15, 0.2) is 0 Å². The van der Waals surface area contributed by atoms with E-state index in [2.05, 4.69) is 5.10 Å². The Hall–Kier alpha value is -2.56. The molecule has 20 heavy (non-hydrogen) atoms. The van der Waals surface area contributed by atoms with Crippen LogP contribution in [0.25, 0.3) is 16.9 Å². The van der Waals surface area contributed by atoms with Gasteiger partial charge >= 0.3 is 0 Å². The predicted molar refractivity (Wildman–Crippen MR) is 77.1 cm³/mol. The monoisotopic (exact) mass is 269 g/mol. The Morgan fingerprint density at radius 2 is 2.05 bits per heavy atom. The summed E-state index contributed by atoms with van der Waals surface area (Å²) in [4.78, 5) is 11.9. The van der Waals surface area contributed by atoms with Crippen molar-refractivity contribution in [2.45, 2.75) is 13.5 Å². The van der Waals surface area contributed by atoms with Gasteiger partial charge in [0.1, 0.15) is 11.4 Å². The number of aryl methyl sites for hydroxylation is 1. The van der Waals surface area contributed by atoms with Gasteiger partial charge in [-0.05, 0) is 19.1 Å². The molecule has 0 fully saturated rings. The molecule has 102 valence electrons. The molecular weight excluding hydrogens is 254 g/mol. The first-order valence-electron chi connectivity index (χ1n) is 6.47. The Bertz CT molecular complexity index is 817. The molecule has 0 aliphatic rings. The summed E-state index contributed by atoms with van der Waals surface area (Å²) in [5.41, 5.74) is 2.25. The number of ether oxygens (including phenoxy) is 1. The Labute approximate surface area is 116 Å². The molecule has 0 atom stereocenters. The Morgan fingerprint density at radius 1 is 1.25 bits per heavy atom. The highest BCUT2D eigenvalue weighted by Gasteiger charge is 2.12. The molecule has 1 aromatic carbocycles. The highest BCUT2D eigenvalue weighted by molar-refractivity contribution is 5.70. The van der Waals surface area contributed by atoms with Gasteiger partial charge in [-0.3, -0.25) is 4.79 Å². The minimum Gasteiger partial charge on any atom is -0.496 e. The van der Waals surface area contributed by atoms with E-state index in [1.165, 1.54) is 10.6 Å². The SMILES string of the molecule is CCn1ccc(=O)n2nc(-c3ccccc3OC)cc12. The number of nitrogens with zero attached hydrogens (tertiary/aromatic N) is 3. The lowest BCUT2D eigenvalue weighted by Crippen LogP contribution is -2.16. The van der Waals surface area contributed by atoms with Crippen LogP contribution in [0.4, 0.5) is 0 Å². The standard InChI is InChI=1S/C15H15N3O2/c1-3-17-9-8-15(19)18-14(17)10-12(16-18)11-6-4-5-7-13(11)20-2/h4-10H,3H2,1-2H3. The summed E-state index contributed by atoms with van der Waals surface area (Å²) in [7, 11) is 1.62. The lowest BCUT2D eigenvalue weighted by Gasteiger charge is -2.04. The third-order valence-electron chi connectivity index (χ3n) is 3.31. The minimum atomic E-state index is -0.133. The number of hydrogen-bond acceptors (Lipinski definition) is 3. The number of fused-ring (bicyclic) bond motifs is 1. The molecule has 0 bridgehead atoms. The van der Waals surface area contributed by atoms with E-state index < -0.39 is 0 Å². The molecule has 3 aromatic rings. The quantitative estimate of drug-likeness (QED) is 0.732. The number of benzene rings is 1. The molecule has 0 saturated carbocycles. The van der Waals surface area contributed by atoms with Crippen molar-refractivity contribution < 1.29 is 4.74 Å². The summed E-state index contributed by atoms with van der Waals surface area (Å²) in [5, 5.41) is 4.40. The van der Waals surface area contributed by atoms with Crippen LogP contribution < -0.4 is 10.3 Å². The maximum absolute atomic E-state index is 11.9. The fourth-order valence-electron chi connectivity index (χ4n) is 2.29. The Kier molecular flexibility index (Phi) is 3.02. The highest BCUT2D eigenvalue weighted by Crippen LogP contribution is 2.28. The summed E-state index contributed by atoms with van der Waals surface area (Å²) in [6.45, 7) is 2.81. The van der Waals surface area contributed by atoms with Crippen molar-refractivity contribution in [3.63, 3.8) is 0 Å². The molecule has 0 unspecified atom stereocenters. The lowest BCUT2D eigenvalue weighted by molar-refractivity contribution is 0.416. The minimum absolute atomic E-state index is 0.133. The molecule has 5 heteroatoms. The molecule has 0 saturated heterocycles. The second kappa shape index (κ2) is 4.85. The Balaban J connectivity index is 2.28. The van der Waals surface area contributed by atoms with Crippen LogP contribution in [-0.2, 0) is 6.54 Å². The average Bonchev–Trinajstić information content (AvgIpc) is 2.93. The van der Waals surface area contributed by atoms with E-state index in [1.54, 1.807) is 13.3 Å². The first kappa shape index (κ1) is 12.5. The largest absolute Gasteiger partial charge is 0.496 e. The van der Waals surface area contributed by atoms with Gasteiger partial charge < -0.3 is 9.30 Å². The number of rotatable bonds is 3. The fourth-order valence-corrected chi connectivity index (χ4v) is 2.29. The summed E-state index contributed by atoms with van der Waals surface area (Å²) in [5.74, 6) is 0.742. The number of methoxy groups -OCH3 is 1. The number of hydrogen-bond donors (Lipinski definition) is 0. The zero-order chi connectivity index (χ0) is 14.1. The molecular formula is C15H15N3O2. The van der Waals surface area contributed by atoms with Gasteiger partial charge in [-0.25, -0.2) is 0 Å². The van der Waals surface area contributed by atoms with Crippen LogP contribution in [0.15, 0.2) is 47.4 Å². The summed E-state index contributed by atoms with van der Waals surface area (Å²) < 4.78 is 8.75. The van der Waals surface area contributed by atoms with Gasteiger partial charge in [0.25, 0.3) is 5.56 Å². The zero-order valence-corrected chi connectivity index (χ0v) is 11.4. The van der Waals surface area contributed by atoms with E-state index in [4.69, 9.17) is 4.74 Å².